The molecule has 4 heterocycles. The zero-order valence-electron chi connectivity index (χ0n) is 14.0. The van der Waals surface area contributed by atoms with Crippen LogP contribution in [-0.2, 0) is 19.5 Å². The first-order valence-electron chi connectivity index (χ1n) is 8.10. The molecule has 0 radical (unpaired) electrons. The summed E-state index contributed by atoms with van der Waals surface area (Å²) in [7, 11) is -3.92. The Balaban J connectivity index is 1.73. The Morgan fingerprint density at radius 1 is 1.20 bits per heavy atom. The van der Waals surface area contributed by atoms with Crippen LogP contribution in [0, 0.1) is 13.8 Å². The van der Waals surface area contributed by atoms with Crippen molar-refractivity contribution >= 4 is 26.3 Å². The Morgan fingerprint density at radius 3 is 2.48 bits per heavy atom. The van der Waals surface area contributed by atoms with E-state index in [9.17, 15) is 13.2 Å². The molecule has 8 nitrogen and oxygen atoms in total. The highest BCUT2D eigenvalue weighted by atomic mass is 32.2. The molecule has 2 aromatic heterocycles. The highest BCUT2D eigenvalue weighted by Crippen LogP contribution is 2.33. The van der Waals surface area contributed by atoms with E-state index in [0.29, 0.717) is 36.7 Å². The highest BCUT2D eigenvalue weighted by molar-refractivity contribution is 7.89. The second-order valence-electron chi connectivity index (χ2n) is 6.34. The van der Waals surface area contributed by atoms with Gasteiger partial charge in [-0.3, -0.25) is 9.20 Å². The Labute approximate surface area is 149 Å². The first-order chi connectivity index (χ1) is 11.8. The van der Waals surface area contributed by atoms with Gasteiger partial charge >= 0.3 is 0 Å². The second-order valence-corrected chi connectivity index (χ2v) is 9.05. The van der Waals surface area contributed by atoms with E-state index in [0.717, 1.165) is 0 Å². The van der Waals surface area contributed by atoms with Gasteiger partial charge in [0.25, 0.3) is 5.56 Å². The van der Waals surface area contributed by atoms with Crippen LogP contribution in [0.4, 0.5) is 0 Å². The lowest BCUT2D eigenvalue weighted by atomic mass is 10.1. The van der Waals surface area contributed by atoms with E-state index >= 15 is 0 Å². The van der Waals surface area contributed by atoms with Crippen LogP contribution in [0.1, 0.15) is 24.2 Å². The predicted octanol–water partition coefficient (Wildman–Crippen LogP) is 0.900. The van der Waals surface area contributed by atoms with Crippen molar-refractivity contribution in [3.63, 3.8) is 0 Å². The number of hydrogen-bond acceptors (Lipinski definition) is 7. The summed E-state index contributed by atoms with van der Waals surface area (Å²) in [5.41, 5.74) is 0.384. The van der Waals surface area contributed by atoms with Crippen molar-refractivity contribution in [2.24, 2.45) is 0 Å². The maximum absolute atomic E-state index is 13.1. The largest absolute Gasteiger partial charge is 0.347 e. The fourth-order valence-corrected chi connectivity index (χ4v) is 6.00. The first-order valence-corrected chi connectivity index (χ1v) is 10.4. The van der Waals surface area contributed by atoms with Crippen LogP contribution in [0.5, 0.6) is 0 Å². The standard InChI is InChI=1S/C15H19N3O5S2/c1-10-9-24-14-16-11(2)12(13(19)18(10)14)25(20,21)17-5-3-15(4-6-17)22-7-8-23-15/h9H,3-8H2,1-2H3. The summed E-state index contributed by atoms with van der Waals surface area (Å²) in [5.74, 6) is -0.664. The zero-order valence-corrected chi connectivity index (χ0v) is 15.7. The van der Waals surface area contributed by atoms with E-state index in [1.807, 2.05) is 0 Å². The molecule has 4 rings (SSSR count). The number of aryl methyl sites for hydroxylation is 2. The van der Waals surface area contributed by atoms with E-state index in [2.05, 4.69) is 4.98 Å². The Hall–Kier alpha value is -1.33. The molecule has 0 saturated carbocycles. The van der Waals surface area contributed by atoms with Crippen LogP contribution in [0.3, 0.4) is 0 Å². The number of piperidine rings is 1. The number of sulfonamides is 1. The van der Waals surface area contributed by atoms with E-state index in [-0.39, 0.29) is 23.7 Å². The van der Waals surface area contributed by atoms with Gasteiger partial charge in [0.15, 0.2) is 15.6 Å². The monoisotopic (exact) mass is 385 g/mol. The molecular weight excluding hydrogens is 366 g/mol. The van der Waals surface area contributed by atoms with Crippen molar-refractivity contribution in [3.8, 4) is 0 Å². The van der Waals surface area contributed by atoms with Crippen LogP contribution in [0.15, 0.2) is 15.1 Å². The molecule has 0 amide bonds. The molecule has 0 unspecified atom stereocenters. The second kappa shape index (κ2) is 5.85. The van der Waals surface area contributed by atoms with E-state index < -0.39 is 21.4 Å². The van der Waals surface area contributed by atoms with Gasteiger partial charge in [-0.05, 0) is 13.8 Å². The van der Waals surface area contributed by atoms with Gasteiger partial charge in [0.2, 0.25) is 10.0 Å². The van der Waals surface area contributed by atoms with Crippen LogP contribution in [0.25, 0.3) is 4.96 Å². The van der Waals surface area contributed by atoms with E-state index in [1.165, 1.54) is 20.0 Å². The fraction of sp³-hybridized carbons (Fsp3) is 0.600. The zero-order chi connectivity index (χ0) is 17.8. The first kappa shape index (κ1) is 17.1. The fourth-order valence-electron chi connectivity index (χ4n) is 3.45. The summed E-state index contributed by atoms with van der Waals surface area (Å²) in [5, 5.41) is 1.79. The molecule has 2 fully saturated rings. The normalized spacial score (nSPS) is 21.4. The van der Waals surface area contributed by atoms with Gasteiger partial charge in [0.05, 0.1) is 18.9 Å². The van der Waals surface area contributed by atoms with Gasteiger partial charge in [-0.25, -0.2) is 13.4 Å². The number of aromatic nitrogens is 2. The number of hydrogen-bond donors (Lipinski definition) is 0. The highest BCUT2D eigenvalue weighted by Gasteiger charge is 2.43. The number of ether oxygens (including phenoxy) is 2. The number of fused-ring (bicyclic) bond motifs is 1. The lowest BCUT2D eigenvalue weighted by Gasteiger charge is -2.36. The van der Waals surface area contributed by atoms with Crippen molar-refractivity contribution in [3.05, 3.63) is 27.1 Å². The maximum atomic E-state index is 13.1. The van der Waals surface area contributed by atoms with Crippen molar-refractivity contribution in [1.82, 2.24) is 13.7 Å². The van der Waals surface area contributed by atoms with Gasteiger partial charge in [-0.15, -0.1) is 11.3 Å². The minimum Gasteiger partial charge on any atom is -0.347 e. The topological polar surface area (TPSA) is 90.2 Å². The summed E-state index contributed by atoms with van der Waals surface area (Å²) in [4.78, 5) is 17.4. The third kappa shape index (κ3) is 2.63. The van der Waals surface area contributed by atoms with Crippen molar-refractivity contribution < 1.29 is 17.9 Å². The average molecular weight is 385 g/mol. The quantitative estimate of drug-likeness (QED) is 0.763. The van der Waals surface area contributed by atoms with Gasteiger partial charge in [0, 0.05) is 37.0 Å². The molecule has 136 valence electrons. The summed E-state index contributed by atoms with van der Waals surface area (Å²) < 4.78 is 40.2. The Morgan fingerprint density at radius 2 is 1.84 bits per heavy atom. The van der Waals surface area contributed by atoms with Crippen molar-refractivity contribution in [1.29, 1.82) is 0 Å². The van der Waals surface area contributed by atoms with Crippen molar-refractivity contribution in [2.75, 3.05) is 26.3 Å². The van der Waals surface area contributed by atoms with Crippen LogP contribution >= 0.6 is 11.3 Å². The van der Waals surface area contributed by atoms with Crippen LogP contribution in [0.2, 0.25) is 0 Å². The predicted molar refractivity (Wildman–Crippen MR) is 91.4 cm³/mol. The molecule has 0 atom stereocenters. The molecule has 2 aliphatic heterocycles. The molecule has 0 aromatic carbocycles. The summed E-state index contributed by atoms with van der Waals surface area (Å²) in [6.45, 7) is 4.91. The lowest BCUT2D eigenvalue weighted by molar-refractivity contribution is -0.179. The summed E-state index contributed by atoms with van der Waals surface area (Å²) >= 11 is 1.32. The number of rotatable bonds is 2. The van der Waals surface area contributed by atoms with Crippen molar-refractivity contribution in [2.45, 2.75) is 37.4 Å². The van der Waals surface area contributed by atoms with E-state index in [4.69, 9.17) is 9.47 Å². The van der Waals surface area contributed by atoms with Gasteiger partial charge in [0.1, 0.15) is 0 Å². The molecule has 0 aliphatic carbocycles. The van der Waals surface area contributed by atoms with Gasteiger partial charge in [-0.1, -0.05) is 0 Å². The smallest absolute Gasteiger partial charge is 0.279 e. The van der Waals surface area contributed by atoms with Crippen LogP contribution in [-0.4, -0.2) is 54.2 Å². The molecule has 0 bridgehead atoms. The third-order valence-corrected chi connectivity index (χ3v) is 7.74. The number of nitrogens with zero attached hydrogens (tertiary/aromatic N) is 3. The molecule has 2 aliphatic rings. The molecular formula is C15H19N3O5S2. The molecule has 10 heteroatoms. The van der Waals surface area contributed by atoms with Gasteiger partial charge < -0.3 is 9.47 Å². The minimum absolute atomic E-state index is 0.237. The Bertz CT molecular complexity index is 978. The van der Waals surface area contributed by atoms with E-state index in [1.54, 1.807) is 19.2 Å². The Kier molecular flexibility index (Phi) is 4.00. The molecule has 2 saturated heterocycles. The summed E-state index contributed by atoms with van der Waals surface area (Å²) in [6.07, 6.45) is 0.916. The SMILES string of the molecule is Cc1nc2scc(C)n2c(=O)c1S(=O)(=O)N1CCC2(CC1)OCCO2. The third-order valence-electron chi connectivity index (χ3n) is 4.76. The van der Waals surface area contributed by atoms with Crippen LogP contribution < -0.4 is 5.56 Å². The average Bonchev–Trinajstić information content (AvgIpc) is 3.15. The molecule has 2 aromatic rings. The summed E-state index contributed by atoms with van der Waals surface area (Å²) in [6, 6.07) is 0. The minimum atomic E-state index is -3.92. The lowest BCUT2D eigenvalue weighted by Crippen LogP contribution is -2.48. The maximum Gasteiger partial charge on any atom is 0.279 e. The molecule has 0 N–H and O–H groups in total. The molecule has 1 spiro atoms. The number of thiazole rings is 1. The molecule has 25 heavy (non-hydrogen) atoms. The van der Waals surface area contributed by atoms with Gasteiger partial charge in [-0.2, -0.15) is 4.31 Å².